The Labute approximate surface area is 181 Å². The van der Waals surface area contributed by atoms with Crippen molar-refractivity contribution in [3.63, 3.8) is 0 Å². The summed E-state index contributed by atoms with van der Waals surface area (Å²) < 4.78 is 16.0. The van der Waals surface area contributed by atoms with E-state index in [-0.39, 0.29) is 12.0 Å². The number of hydrogen-bond acceptors (Lipinski definition) is 6. The van der Waals surface area contributed by atoms with Gasteiger partial charge in [0, 0.05) is 12.8 Å². The molecule has 0 amide bonds. The molecule has 2 atom stereocenters. The fourth-order valence-electron chi connectivity index (χ4n) is 3.20. The van der Waals surface area contributed by atoms with Gasteiger partial charge in [0.2, 0.25) is 0 Å². The first-order valence-corrected chi connectivity index (χ1v) is 9.92. The molecule has 160 valence electrons. The predicted molar refractivity (Wildman–Crippen MR) is 115 cm³/mol. The molecule has 0 fully saturated rings. The van der Waals surface area contributed by atoms with Crippen LogP contribution in [-0.2, 0) is 9.53 Å². The summed E-state index contributed by atoms with van der Waals surface area (Å²) in [6.07, 6.45) is 5.55. The number of ether oxygens (including phenoxy) is 3. The molecule has 2 aromatic rings. The molecule has 3 rings (SSSR count). The lowest BCUT2D eigenvalue weighted by molar-refractivity contribution is -0.131. The van der Waals surface area contributed by atoms with Crippen molar-refractivity contribution in [3.05, 3.63) is 83.0 Å². The van der Waals surface area contributed by atoms with Crippen LogP contribution in [-0.4, -0.2) is 24.0 Å². The Hall–Kier alpha value is -3.67. The van der Waals surface area contributed by atoms with Crippen LogP contribution >= 0.6 is 0 Å². The van der Waals surface area contributed by atoms with E-state index in [4.69, 9.17) is 14.2 Å². The first-order chi connectivity index (χ1) is 14.7. The first-order valence-electron chi connectivity index (χ1n) is 9.92. The fraction of sp³-hybridized carbons (Fsp3) is 0.240. The quantitative estimate of drug-likeness (QED) is 0.510. The van der Waals surface area contributed by atoms with Gasteiger partial charge in [0.15, 0.2) is 0 Å². The zero-order valence-corrected chi connectivity index (χ0v) is 17.9. The summed E-state index contributed by atoms with van der Waals surface area (Å²) in [6.45, 7) is 7.04. The van der Waals surface area contributed by atoms with E-state index in [2.05, 4.69) is 6.08 Å². The van der Waals surface area contributed by atoms with E-state index in [1.807, 2.05) is 26.0 Å². The summed E-state index contributed by atoms with van der Waals surface area (Å²) in [7, 11) is 0. The number of benzene rings is 2. The van der Waals surface area contributed by atoms with Gasteiger partial charge in [0.1, 0.15) is 17.6 Å². The first kappa shape index (κ1) is 22.0. The molecular formula is C25H24O6. The second-order valence-electron chi connectivity index (χ2n) is 7.49. The third-order valence-corrected chi connectivity index (χ3v) is 4.80. The van der Waals surface area contributed by atoms with E-state index < -0.39 is 17.9 Å². The Kier molecular flexibility index (Phi) is 6.70. The van der Waals surface area contributed by atoms with Crippen molar-refractivity contribution < 1.29 is 28.6 Å². The van der Waals surface area contributed by atoms with Crippen molar-refractivity contribution in [2.75, 3.05) is 0 Å². The molecule has 0 N–H and O–H groups in total. The molecule has 1 aliphatic rings. The minimum absolute atomic E-state index is 0.102. The molecule has 0 bridgehead atoms. The molecule has 2 aromatic carbocycles. The Bertz CT molecular complexity index is 1060. The average Bonchev–Trinajstić information content (AvgIpc) is 2.71. The normalized spacial score (nSPS) is 17.5. The molecule has 0 saturated carbocycles. The zero-order chi connectivity index (χ0) is 22.5. The lowest BCUT2D eigenvalue weighted by Gasteiger charge is -2.22. The average molecular weight is 420 g/mol. The van der Waals surface area contributed by atoms with Gasteiger partial charge < -0.3 is 14.2 Å². The second-order valence-corrected chi connectivity index (χ2v) is 7.49. The lowest BCUT2D eigenvalue weighted by Crippen LogP contribution is -2.24. The molecule has 6 heteroatoms. The van der Waals surface area contributed by atoms with E-state index in [1.165, 1.54) is 13.0 Å². The molecule has 0 spiro atoms. The summed E-state index contributed by atoms with van der Waals surface area (Å²) in [5.74, 6) is -0.643. The molecule has 31 heavy (non-hydrogen) atoms. The van der Waals surface area contributed by atoms with Crippen LogP contribution in [0, 0.1) is 12.8 Å². The van der Waals surface area contributed by atoms with Crippen LogP contribution in [0.4, 0.5) is 0 Å². The van der Waals surface area contributed by atoms with Gasteiger partial charge in [0.25, 0.3) is 0 Å². The number of rotatable bonds is 5. The van der Waals surface area contributed by atoms with Gasteiger partial charge in [-0.3, -0.25) is 4.79 Å². The number of carbonyl (C=O) groups excluding carboxylic acids is 3. The molecule has 0 aliphatic heterocycles. The van der Waals surface area contributed by atoms with Crippen LogP contribution in [0.5, 0.6) is 11.5 Å². The Morgan fingerprint density at radius 2 is 1.55 bits per heavy atom. The van der Waals surface area contributed by atoms with Crippen LogP contribution in [0.1, 0.15) is 47.1 Å². The van der Waals surface area contributed by atoms with Crippen molar-refractivity contribution in [3.8, 4) is 11.5 Å². The molecule has 0 radical (unpaired) electrons. The maximum atomic E-state index is 12.4. The van der Waals surface area contributed by atoms with Gasteiger partial charge in [-0.1, -0.05) is 24.6 Å². The highest BCUT2D eigenvalue weighted by Gasteiger charge is 2.21. The molecule has 0 heterocycles. The number of hydrogen-bond donors (Lipinski definition) is 0. The zero-order valence-electron chi connectivity index (χ0n) is 17.9. The van der Waals surface area contributed by atoms with Crippen molar-refractivity contribution in [1.29, 1.82) is 0 Å². The van der Waals surface area contributed by atoms with Gasteiger partial charge in [-0.2, -0.15) is 0 Å². The van der Waals surface area contributed by atoms with E-state index in [0.717, 1.165) is 5.57 Å². The van der Waals surface area contributed by atoms with Crippen molar-refractivity contribution in [2.24, 2.45) is 5.92 Å². The van der Waals surface area contributed by atoms with Crippen molar-refractivity contribution in [2.45, 2.75) is 33.8 Å². The highest BCUT2D eigenvalue weighted by molar-refractivity contribution is 5.92. The van der Waals surface area contributed by atoms with Crippen molar-refractivity contribution >= 4 is 17.9 Å². The molecule has 1 aliphatic carbocycles. The third-order valence-electron chi connectivity index (χ3n) is 4.80. The van der Waals surface area contributed by atoms with Gasteiger partial charge >= 0.3 is 17.9 Å². The highest BCUT2D eigenvalue weighted by atomic mass is 16.5. The highest BCUT2D eigenvalue weighted by Crippen LogP contribution is 2.23. The second kappa shape index (κ2) is 9.43. The summed E-state index contributed by atoms with van der Waals surface area (Å²) >= 11 is 0. The Morgan fingerprint density at radius 3 is 2.16 bits per heavy atom. The summed E-state index contributed by atoms with van der Waals surface area (Å²) in [5.41, 5.74) is 2.47. The monoisotopic (exact) mass is 420 g/mol. The van der Waals surface area contributed by atoms with Crippen LogP contribution in [0.25, 0.3) is 0 Å². The largest absolute Gasteiger partial charge is 0.454 e. The van der Waals surface area contributed by atoms with Gasteiger partial charge in [-0.05, 0) is 68.0 Å². The van der Waals surface area contributed by atoms with E-state index >= 15 is 0 Å². The standard InChI is InChI=1S/C25H24O6/c1-15-5-11-23(16(2)13-15)31-24(27)19-6-9-21(10-7-19)30-25(28)20-8-12-22(17(3)14-20)29-18(4)26/h5-14,16,23H,1-4H3. The molecule has 0 aromatic heterocycles. The van der Waals surface area contributed by atoms with Crippen molar-refractivity contribution in [1.82, 2.24) is 0 Å². The molecule has 6 nitrogen and oxygen atoms in total. The predicted octanol–water partition coefficient (Wildman–Crippen LogP) is 4.82. The maximum Gasteiger partial charge on any atom is 0.343 e. The van der Waals surface area contributed by atoms with Crippen LogP contribution in [0.3, 0.4) is 0 Å². The number of aryl methyl sites for hydroxylation is 1. The van der Waals surface area contributed by atoms with Crippen LogP contribution < -0.4 is 9.47 Å². The van der Waals surface area contributed by atoms with E-state index in [0.29, 0.717) is 28.2 Å². The third kappa shape index (κ3) is 5.69. The van der Waals surface area contributed by atoms with Crippen LogP contribution in [0.15, 0.2) is 66.3 Å². The molecule has 0 saturated heterocycles. The van der Waals surface area contributed by atoms with E-state index in [1.54, 1.807) is 43.3 Å². The SMILES string of the molecule is CC(=O)Oc1ccc(C(=O)Oc2ccc(C(=O)OC3C=CC(C)=CC3C)cc2)cc1C. The van der Waals surface area contributed by atoms with E-state index in [9.17, 15) is 14.4 Å². The molecular weight excluding hydrogens is 396 g/mol. The fourth-order valence-corrected chi connectivity index (χ4v) is 3.20. The summed E-state index contributed by atoms with van der Waals surface area (Å²) in [5, 5.41) is 0. The lowest BCUT2D eigenvalue weighted by atomic mass is 9.96. The number of esters is 3. The Balaban J connectivity index is 1.62. The van der Waals surface area contributed by atoms with Crippen LogP contribution in [0.2, 0.25) is 0 Å². The number of allylic oxidation sites excluding steroid dienone is 2. The smallest absolute Gasteiger partial charge is 0.343 e. The summed E-state index contributed by atoms with van der Waals surface area (Å²) in [6, 6.07) is 10.8. The van der Waals surface area contributed by atoms with Gasteiger partial charge in [0.05, 0.1) is 11.1 Å². The van der Waals surface area contributed by atoms with Gasteiger partial charge in [-0.15, -0.1) is 0 Å². The topological polar surface area (TPSA) is 78.9 Å². The minimum atomic E-state index is -0.559. The summed E-state index contributed by atoms with van der Waals surface area (Å²) in [4.78, 5) is 35.9. The Morgan fingerprint density at radius 1 is 0.871 bits per heavy atom. The number of carbonyl (C=O) groups is 3. The molecule has 2 unspecified atom stereocenters. The maximum absolute atomic E-state index is 12.4. The van der Waals surface area contributed by atoms with Gasteiger partial charge in [-0.25, -0.2) is 9.59 Å². The minimum Gasteiger partial charge on any atom is -0.454 e.